The Morgan fingerprint density at radius 3 is 2.57 bits per heavy atom. The number of carbonyl (C=O) groups is 2. The van der Waals surface area contributed by atoms with Gasteiger partial charge in [-0.1, -0.05) is 42.5 Å². The lowest BCUT2D eigenvalue weighted by molar-refractivity contribution is -0.140. The van der Waals surface area contributed by atoms with Crippen LogP contribution in [0.3, 0.4) is 0 Å². The molecule has 0 aliphatic carbocycles. The number of carbonyl (C=O) groups excluding carboxylic acids is 2. The van der Waals surface area contributed by atoms with Crippen molar-refractivity contribution in [3.63, 3.8) is 0 Å². The molecule has 1 aliphatic heterocycles. The second kappa shape index (κ2) is 8.47. The molecule has 2 heterocycles. The molecule has 0 saturated carbocycles. The Morgan fingerprint density at radius 1 is 1.07 bits per heavy atom. The van der Waals surface area contributed by atoms with Gasteiger partial charge in [-0.05, 0) is 34.9 Å². The molecule has 1 fully saturated rings. The summed E-state index contributed by atoms with van der Waals surface area (Å²) in [7, 11) is 1.60. The zero-order valence-corrected chi connectivity index (χ0v) is 16.6. The topological polar surface area (TPSA) is 79.7 Å². The van der Waals surface area contributed by atoms with Gasteiger partial charge in [0.2, 0.25) is 0 Å². The van der Waals surface area contributed by atoms with E-state index >= 15 is 0 Å². The van der Waals surface area contributed by atoms with Gasteiger partial charge in [-0.25, -0.2) is 0 Å². The van der Waals surface area contributed by atoms with Crippen LogP contribution in [0.15, 0.2) is 72.6 Å². The van der Waals surface area contributed by atoms with E-state index in [0.717, 1.165) is 16.3 Å². The van der Waals surface area contributed by atoms with E-state index in [2.05, 4.69) is 4.98 Å². The number of benzene rings is 2. The Morgan fingerprint density at radius 2 is 1.80 bits per heavy atom. The molecule has 1 atom stereocenters. The number of ketones is 1. The fourth-order valence-corrected chi connectivity index (χ4v) is 3.97. The van der Waals surface area contributed by atoms with Crippen LogP contribution in [-0.2, 0) is 14.3 Å². The number of pyridine rings is 1. The maximum Gasteiger partial charge on any atom is 0.295 e. The van der Waals surface area contributed by atoms with Crippen LogP contribution in [0.1, 0.15) is 23.6 Å². The molecule has 0 spiro atoms. The number of aliphatic hydroxyl groups excluding tert-OH is 1. The van der Waals surface area contributed by atoms with Crippen molar-refractivity contribution in [2.75, 3.05) is 20.3 Å². The molecule has 1 aliphatic rings. The van der Waals surface area contributed by atoms with E-state index in [1.54, 1.807) is 19.2 Å². The lowest BCUT2D eigenvalue weighted by Crippen LogP contribution is -2.31. The lowest BCUT2D eigenvalue weighted by Gasteiger charge is -2.26. The standard InChI is InChI=1S/C24H22N2O4/c1-30-15-5-14-26-21(19-9-4-7-16-6-2-3-8-18(16)19)20(23(28)24(26)29)22(27)17-10-12-25-13-11-17/h2-4,6-13,21,27H,5,14-15H2,1H3/b22-20-. The van der Waals surface area contributed by atoms with Gasteiger partial charge < -0.3 is 14.7 Å². The van der Waals surface area contributed by atoms with E-state index in [9.17, 15) is 14.7 Å². The number of aromatic nitrogens is 1. The van der Waals surface area contributed by atoms with E-state index in [0.29, 0.717) is 25.1 Å². The highest BCUT2D eigenvalue weighted by molar-refractivity contribution is 6.46. The molecule has 1 aromatic heterocycles. The van der Waals surface area contributed by atoms with Gasteiger partial charge in [-0.15, -0.1) is 0 Å². The molecular formula is C24H22N2O4. The predicted molar refractivity (Wildman–Crippen MR) is 114 cm³/mol. The zero-order valence-electron chi connectivity index (χ0n) is 16.6. The summed E-state index contributed by atoms with van der Waals surface area (Å²) in [6, 6.07) is 16.2. The van der Waals surface area contributed by atoms with Crippen molar-refractivity contribution in [1.29, 1.82) is 0 Å². The summed E-state index contributed by atoms with van der Waals surface area (Å²) in [5, 5.41) is 13.0. The fraction of sp³-hybridized carbons (Fsp3) is 0.208. The van der Waals surface area contributed by atoms with Crippen LogP contribution >= 0.6 is 0 Å². The van der Waals surface area contributed by atoms with Crippen molar-refractivity contribution in [1.82, 2.24) is 9.88 Å². The number of hydrogen-bond donors (Lipinski definition) is 1. The van der Waals surface area contributed by atoms with Crippen molar-refractivity contribution >= 4 is 28.2 Å². The number of ether oxygens (including phenoxy) is 1. The number of rotatable bonds is 6. The molecule has 1 unspecified atom stereocenters. The van der Waals surface area contributed by atoms with Crippen LogP contribution < -0.4 is 0 Å². The summed E-state index contributed by atoms with van der Waals surface area (Å²) in [5.74, 6) is -1.48. The SMILES string of the molecule is COCCCN1C(=O)C(=O)/C(=C(\O)c2ccncc2)C1c1cccc2ccccc12. The second-order valence-corrected chi connectivity index (χ2v) is 7.14. The molecule has 152 valence electrons. The van der Waals surface area contributed by atoms with Gasteiger partial charge in [0.1, 0.15) is 5.76 Å². The molecule has 1 saturated heterocycles. The molecule has 3 aromatic rings. The van der Waals surface area contributed by atoms with Crippen LogP contribution in [0.2, 0.25) is 0 Å². The first-order chi connectivity index (χ1) is 14.6. The first-order valence-electron chi connectivity index (χ1n) is 9.79. The summed E-state index contributed by atoms with van der Waals surface area (Å²) in [6.07, 6.45) is 3.66. The van der Waals surface area contributed by atoms with Crippen LogP contribution in [0.5, 0.6) is 0 Å². The first kappa shape index (κ1) is 19.8. The zero-order chi connectivity index (χ0) is 21.1. The van der Waals surface area contributed by atoms with Crippen LogP contribution in [0.25, 0.3) is 16.5 Å². The first-order valence-corrected chi connectivity index (χ1v) is 9.79. The summed E-state index contributed by atoms with van der Waals surface area (Å²) in [5.41, 5.74) is 1.35. The van der Waals surface area contributed by atoms with Crippen LogP contribution in [0.4, 0.5) is 0 Å². The molecule has 1 N–H and O–H groups in total. The van der Waals surface area contributed by atoms with Gasteiger partial charge in [0, 0.05) is 38.2 Å². The summed E-state index contributed by atoms with van der Waals surface area (Å²) >= 11 is 0. The number of amides is 1. The van der Waals surface area contributed by atoms with Gasteiger partial charge in [0.25, 0.3) is 11.7 Å². The fourth-order valence-electron chi connectivity index (χ4n) is 3.97. The van der Waals surface area contributed by atoms with E-state index in [1.165, 1.54) is 17.3 Å². The maximum atomic E-state index is 13.0. The molecule has 4 rings (SSSR count). The van der Waals surface area contributed by atoms with Crippen molar-refractivity contribution < 1.29 is 19.4 Å². The highest BCUT2D eigenvalue weighted by atomic mass is 16.5. The number of nitrogens with zero attached hydrogens (tertiary/aromatic N) is 2. The predicted octanol–water partition coefficient (Wildman–Crippen LogP) is 3.69. The monoisotopic (exact) mass is 402 g/mol. The average molecular weight is 402 g/mol. The van der Waals surface area contributed by atoms with E-state index in [4.69, 9.17) is 4.74 Å². The molecule has 1 amide bonds. The number of fused-ring (bicyclic) bond motifs is 1. The Bertz CT molecular complexity index is 1120. The third-order valence-corrected chi connectivity index (χ3v) is 5.36. The number of aliphatic hydroxyl groups is 1. The number of hydrogen-bond acceptors (Lipinski definition) is 5. The largest absolute Gasteiger partial charge is 0.507 e. The third kappa shape index (κ3) is 3.46. The number of likely N-dealkylation sites (tertiary alicyclic amines) is 1. The molecule has 0 radical (unpaired) electrons. The van der Waals surface area contributed by atoms with E-state index in [1.807, 2.05) is 42.5 Å². The molecular weight excluding hydrogens is 380 g/mol. The molecule has 2 aromatic carbocycles. The van der Waals surface area contributed by atoms with Gasteiger partial charge in [0.05, 0.1) is 11.6 Å². The van der Waals surface area contributed by atoms with Gasteiger partial charge in [0.15, 0.2) is 0 Å². The number of methoxy groups -OCH3 is 1. The van der Waals surface area contributed by atoms with Crippen molar-refractivity contribution in [2.45, 2.75) is 12.5 Å². The highest BCUT2D eigenvalue weighted by Crippen LogP contribution is 2.41. The minimum atomic E-state index is -0.681. The number of Topliss-reactive ketones (excluding diaryl/α,β-unsaturated/α-hetero) is 1. The minimum Gasteiger partial charge on any atom is -0.507 e. The molecule has 6 heteroatoms. The van der Waals surface area contributed by atoms with Crippen LogP contribution in [0, 0.1) is 0 Å². The summed E-state index contributed by atoms with van der Waals surface area (Å²) in [6.45, 7) is 0.815. The van der Waals surface area contributed by atoms with Crippen molar-refractivity contribution in [3.05, 3.63) is 83.7 Å². The van der Waals surface area contributed by atoms with E-state index in [-0.39, 0.29) is 11.3 Å². The molecule has 30 heavy (non-hydrogen) atoms. The third-order valence-electron chi connectivity index (χ3n) is 5.36. The smallest absolute Gasteiger partial charge is 0.295 e. The van der Waals surface area contributed by atoms with Crippen molar-refractivity contribution in [3.8, 4) is 0 Å². The van der Waals surface area contributed by atoms with Gasteiger partial charge >= 0.3 is 0 Å². The minimum absolute atomic E-state index is 0.0972. The Hall–Kier alpha value is -3.51. The van der Waals surface area contributed by atoms with Gasteiger partial charge in [-0.3, -0.25) is 14.6 Å². The Labute approximate surface area is 174 Å². The summed E-state index contributed by atoms with van der Waals surface area (Å²) < 4.78 is 5.13. The van der Waals surface area contributed by atoms with Crippen molar-refractivity contribution in [2.24, 2.45) is 0 Å². The van der Waals surface area contributed by atoms with Crippen LogP contribution in [-0.4, -0.2) is 46.9 Å². The maximum absolute atomic E-state index is 13.0. The van der Waals surface area contributed by atoms with Gasteiger partial charge in [-0.2, -0.15) is 0 Å². The Balaban J connectivity index is 1.92. The molecule has 6 nitrogen and oxygen atoms in total. The molecule has 0 bridgehead atoms. The second-order valence-electron chi connectivity index (χ2n) is 7.14. The Kier molecular flexibility index (Phi) is 5.59. The highest BCUT2D eigenvalue weighted by Gasteiger charge is 2.46. The quantitative estimate of drug-likeness (QED) is 0.294. The van der Waals surface area contributed by atoms with E-state index < -0.39 is 17.7 Å². The average Bonchev–Trinajstić information content (AvgIpc) is 3.04. The lowest BCUT2D eigenvalue weighted by atomic mass is 9.92. The normalized spacial score (nSPS) is 18.3. The summed E-state index contributed by atoms with van der Waals surface area (Å²) in [4.78, 5) is 31.5.